The second-order valence-electron chi connectivity index (χ2n) is 12.5. The molecule has 3 heterocycles. The van der Waals surface area contributed by atoms with Gasteiger partial charge >= 0.3 is 11.0 Å². The zero-order valence-electron chi connectivity index (χ0n) is 25.3. The van der Waals surface area contributed by atoms with Crippen LogP contribution in [-0.4, -0.2) is 27.5 Å². The van der Waals surface area contributed by atoms with Crippen molar-refractivity contribution in [2.45, 2.75) is 62.0 Å². The third kappa shape index (κ3) is 5.79. The van der Waals surface area contributed by atoms with Crippen molar-refractivity contribution in [2.24, 2.45) is 5.92 Å². The van der Waals surface area contributed by atoms with Crippen LogP contribution in [-0.2, 0) is 32.5 Å². The van der Waals surface area contributed by atoms with E-state index in [2.05, 4.69) is 26.1 Å². The fourth-order valence-corrected chi connectivity index (χ4v) is 8.72. The smallest absolute Gasteiger partial charge is 0.325 e. The zero-order chi connectivity index (χ0) is 33.1. The van der Waals surface area contributed by atoms with Gasteiger partial charge in [-0.25, -0.2) is 4.90 Å². The van der Waals surface area contributed by atoms with Crippen LogP contribution in [0.2, 0.25) is 0 Å². The number of hydrogen-bond donors (Lipinski definition) is 1. The first-order chi connectivity index (χ1) is 21.6. The van der Waals surface area contributed by atoms with E-state index in [0.29, 0.717) is 21.2 Å². The molecule has 0 unspecified atom stereocenters. The summed E-state index contributed by atoms with van der Waals surface area (Å²) in [6.45, 7) is 7.75. The molecule has 46 heavy (non-hydrogen) atoms. The Morgan fingerprint density at radius 3 is 2.24 bits per heavy atom. The molecule has 1 saturated heterocycles. The van der Waals surface area contributed by atoms with Gasteiger partial charge in [0, 0.05) is 16.5 Å². The molecule has 3 amide bonds. The summed E-state index contributed by atoms with van der Waals surface area (Å²) in [4.78, 5) is 55.5. The van der Waals surface area contributed by atoms with Gasteiger partial charge in [0.2, 0.25) is 17.7 Å². The predicted molar refractivity (Wildman–Crippen MR) is 172 cm³/mol. The molecule has 0 spiro atoms. The molecule has 7 nitrogen and oxygen atoms in total. The van der Waals surface area contributed by atoms with E-state index in [1.54, 1.807) is 18.2 Å². The number of benzene rings is 3. The number of nitrogens with one attached hydrogen (secondary N) is 1. The van der Waals surface area contributed by atoms with Crippen molar-refractivity contribution in [3.05, 3.63) is 110 Å². The average Bonchev–Trinajstić information content (AvgIpc) is 3.42. The molecule has 0 bridgehead atoms. The van der Waals surface area contributed by atoms with Gasteiger partial charge in [-0.2, -0.15) is 13.2 Å². The number of rotatable bonds is 5. The third-order valence-electron chi connectivity index (χ3n) is 8.22. The molecule has 0 radical (unpaired) electrons. The second-order valence-corrected chi connectivity index (χ2v) is 14.6. The van der Waals surface area contributed by atoms with Crippen molar-refractivity contribution in [3.8, 4) is 0 Å². The lowest BCUT2D eigenvalue weighted by molar-refractivity contribution is -0.137. The van der Waals surface area contributed by atoms with Crippen molar-refractivity contribution < 1.29 is 27.6 Å². The maximum absolute atomic E-state index is 14.1. The van der Waals surface area contributed by atoms with Gasteiger partial charge in [-0.05, 0) is 59.4 Å². The topological polar surface area (TPSA) is 88.5 Å². The van der Waals surface area contributed by atoms with Crippen molar-refractivity contribution in [2.75, 3.05) is 10.2 Å². The number of fused-ring (bicyclic) bond motifs is 2. The molecular weight excluding hydrogens is 636 g/mol. The average molecular weight is 666 g/mol. The SMILES string of the molecule is Cc1cccc(NC(=O)Cn2c3c(sc2=O)[C@@H](c2ccc(C(C)(C)C)cc2)[C@@H]2C(=O)N(c4cccc(C(F)(F)F)c4)C(=O)[C@@H]2S3)c1. The lowest BCUT2D eigenvalue weighted by Crippen LogP contribution is -2.33. The number of aryl methyl sites for hydroxylation is 1. The number of amides is 3. The number of anilines is 2. The minimum Gasteiger partial charge on any atom is -0.325 e. The van der Waals surface area contributed by atoms with E-state index in [9.17, 15) is 32.3 Å². The molecule has 238 valence electrons. The number of nitrogens with zero attached hydrogens (tertiary/aromatic N) is 2. The van der Waals surface area contributed by atoms with E-state index in [4.69, 9.17) is 0 Å². The van der Waals surface area contributed by atoms with Crippen molar-refractivity contribution >= 4 is 52.2 Å². The summed E-state index contributed by atoms with van der Waals surface area (Å²) in [6, 6.07) is 19.0. The van der Waals surface area contributed by atoms with Crippen LogP contribution in [0, 0.1) is 12.8 Å². The molecule has 6 rings (SSSR count). The van der Waals surface area contributed by atoms with E-state index < -0.39 is 51.4 Å². The fourth-order valence-electron chi connectivity index (χ4n) is 5.95. The van der Waals surface area contributed by atoms with Crippen molar-refractivity contribution in [1.82, 2.24) is 4.57 Å². The summed E-state index contributed by atoms with van der Waals surface area (Å²) in [5, 5.41) is 2.17. The number of carbonyl (C=O) groups is 3. The lowest BCUT2D eigenvalue weighted by atomic mass is 9.81. The first-order valence-corrected chi connectivity index (χ1v) is 16.3. The molecule has 4 aromatic rings. The molecule has 2 aliphatic rings. The Morgan fingerprint density at radius 2 is 1.59 bits per heavy atom. The Bertz CT molecular complexity index is 1930. The standard InChI is InChI=1S/C34H30F3N3O4S2/c1-18-7-5-9-22(15-18)38-24(41)17-39-31-28(46-32(39)44)25(19-11-13-20(14-12-19)33(2,3)4)26-27(45-31)30(43)40(29(26)42)23-10-6-8-21(16-23)34(35,36)37/h5-16,25-27H,17H2,1-4H3,(H,38,41)/t25-,26-,27+/m0/s1. The highest BCUT2D eigenvalue weighted by molar-refractivity contribution is 8.00. The zero-order valence-corrected chi connectivity index (χ0v) is 27.0. The molecule has 1 fully saturated rings. The molecule has 3 atom stereocenters. The van der Waals surface area contributed by atoms with E-state index in [0.717, 1.165) is 57.3 Å². The molecule has 1 N–H and O–H groups in total. The van der Waals surface area contributed by atoms with Gasteiger partial charge < -0.3 is 5.32 Å². The number of imide groups is 1. The normalized spacial score (nSPS) is 19.6. The number of carbonyl (C=O) groups excluding carboxylic acids is 3. The Hall–Kier alpha value is -4.16. The summed E-state index contributed by atoms with van der Waals surface area (Å²) in [5.74, 6) is -3.46. The number of hydrogen-bond acceptors (Lipinski definition) is 6. The van der Waals surface area contributed by atoms with Crippen LogP contribution < -0.4 is 15.1 Å². The van der Waals surface area contributed by atoms with Crippen LogP contribution in [0.15, 0.2) is 82.6 Å². The van der Waals surface area contributed by atoms with Gasteiger partial charge in [-0.1, -0.05) is 86.3 Å². The van der Waals surface area contributed by atoms with Crippen LogP contribution >= 0.6 is 23.1 Å². The maximum atomic E-state index is 14.1. The van der Waals surface area contributed by atoms with Gasteiger partial charge in [-0.15, -0.1) is 0 Å². The van der Waals surface area contributed by atoms with Crippen LogP contribution in [0.1, 0.15) is 53.8 Å². The van der Waals surface area contributed by atoms with Gasteiger partial charge in [0.25, 0.3) is 0 Å². The molecule has 3 aromatic carbocycles. The fraction of sp³-hybridized carbons (Fsp3) is 0.294. The van der Waals surface area contributed by atoms with Crippen LogP contribution in [0.25, 0.3) is 0 Å². The largest absolute Gasteiger partial charge is 0.416 e. The van der Waals surface area contributed by atoms with E-state index in [1.165, 1.54) is 10.6 Å². The van der Waals surface area contributed by atoms with E-state index in [-0.39, 0.29) is 17.6 Å². The summed E-state index contributed by atoms with van der Waals surface area (Å²) in [5.41, 5.74) is 1.94. The number of thioether (sulfide) groups is 1. The first kappa shape index (κ1) is 31.8. The van der Waals surface area contributed by atoms with Gasteiger partial charge in [0.15, 0.2) is 0 Å². The summed E-state index contributed by atoms with van der Waals surface area (Å²) in [7, 11) is 0. The lowest BCUT2D eigenvalue weighted by Gasteiger charge is -2.31. The molecule has 2 aliphatic heterocycles. The van der Waals surface area contributed by atoms with Gasteiger partial charge in [0.1, 0.15) is 11.8 Å². The summed E-state index contributed by atoms with van der Waals surface area (Å²) < 4.78 is 42.0. The van der Waals surface area contributed by atoms with Gasteiger partial charge in [0.05, 0.1) is 22.2 Å². The first-order valence-electron chi connectivity index (χ1n) is 14.6. The quantitative estimate of drug-likeness (QED) is 0.233. The Labute approximate surface area is 271 Å². The summed E-state index contributed by atoms with van der Waals surface area (Å²) in [6.07, 6.45) is -4.67. The minimum atomic E-state index is -4.67. The highest BCUT2D eigenvalue weighted by Crippen LogP contribution is 2.54. The third-order valence-corrected chi connectivity index (χ3v) is 10.8. The second kappa shape index (κ2) is 11.6. The highest BCUT2D eigenvalue weighted by atomic mass is 32.2. The number of thiazole rings is 1. The van der Waals surface area contributed by atoms with Crippen LogP contribution in [0.5, 0.6) is 0 Å². The molecule has 0 saturated carbocycles. The van der Waals surface area contributed by atoms with Gasteiger partial charge in [-0.3, -0.25) is 23.7 Å². The number of aromatic nitrogens is 1. The molecule has 12 heteroatoms. The molecule has 1 aromatic heterocycles. The monoisotopic (exact) mass is 665 g/mol. The highest BCUT2D eigenvalue weighted by Gasteiger charge is 2.57. The van der Waals surface area contributed by atoms with Crippen LogP contribution in [0.4, 0.5) is 24.5 Å². The Morgan fingerprint density at radius 1 is 0.891 bits per heavy atom. The number of halogens is 3. The predicted octanol–water partition coefficient (Wildman–Crippen LogP) is 6.97. The van der Waals surface area contributed by atoms with E-state index in [1.807, 2.05) is 37.3 Å². The van der Waals surface area contributed by atoms with E-state index >= 15 is 0 Å². The summed E-state index contributed by atoms with van der Waals surface area (Å²) >= 11 is 1.92. The minimum absolute atomic E-state index is 0.160. The molecular formula is C34H30F3N3O4S2. The van der Waals surface area contributed by atoms with Crippen molar-refractivity contribution in [1.29, 1.82) is 0 Å². The maximum Gasteiger partial charge on any atom is 0.416 e. The molecule has 0 aliphatic carbocycles. The Kier molecular flexibility index (Phi) is 8.00. The Balaban J connectivity index is 1.43. The van der Waals surface area contributed by atoms with Crippen molar-refractivity contribution in [3.63, 3.8) is 0 Å². The number of alkyl halides is 3. The van der Waals surface area contributed by atoms with Crippen LogP contribution in [0.3, 0.4) is 0 Å².